The molecule has 28 heavy (non-hydrogen) atoms. The summed E-state index contributed by atoms with van der Waals surface area (Å²) in [4.78, 5) is 11.1. The van der Waals surface area contributed by atoms with Gasteiger partial charge in [-0.3, -0.25) is 4.79 Å². The third-order valence-corrected chi connectivity index (χ3v) is 5.61. The summed E-state index contributed by atoms with van der Waals surface area (Å²) < 4.78 is 37.7. The van der Waals surface area contributed by atoms with Crippen LogP contribution in [0.1, 0.15) is 24.8 Å². The molecule has 0 saturated carbocycles. The number of unbranched alkanes of at least 4 members (excludes halogenated alkanes) is 1. The van der Waals surface area contributed by atoms with Gasteiger partial charge in [0.05, 0.1) is 25.9 Å². The standard InChI is InChI=1S/C20H22N2O5S/c1-26-18-11-10-17(16-8-6-15(14-21)7-9-16)13-19(18)28(24,25)22-12-4-3-5-20(23)27-2/h6-11,13,22H,3-5,12H2,1-2H3. The van der Waals surface area contributed by atoms with Crippen molar-refractivity contribution < 1.29 is 22.7 Å². The third-order valence-electron chi connectivity index (χ3n) is 4.13. The lowest BCUT2D eigenvalue weighted by atomic mass is 10.0. The number of sulfonamides is 1. The molecular weight excluding hydrogens is 380 g/mol. The molecule has 0 saturated heterocycles. The van der Waals surface area contributed by atoms with Gasteiger partial charge in [0, 0.05) is 13.0 Å². The molecule has 2 aromatic rings. The average Bonchev–Trinajstić information content (AvgIpc) is 2.72. The van der Waals surface area contributed by atoms with E-state index in [9.17, 15) is 13.2 Å². The van der Waals surface area contributed by atoms with Gasteiger partial charge in [-0.2, -0.15) is 5.26 Å². The molecule has 2 rings (SSSR count). The van der Waals surface area contributed by atoms with Crippen LogP contribution in [0, 0.1) is 11.3 Å². The molecule has 0 bridgehead atoms. The van der Waals surface area contributed by atoms with E-state index in [2.05, 4.69) is 9.46 Å². The maximum absolute atomic E-state index is 12.7. The van der Waals surface area contributed by atoms with Crippen LogP contribution in [0.3, 0.4) is 0 Å². The molecule has 0 atom stereocenters. The summed E-state index contributed by atoms with van der Waals surface area (Å²) in [6.45, 7) is 0.198. The zero-order chi connectivity index (χ0) is 20.6. The topological polar surface area (TPSA) is 105 Å². The van der Waals surface area contributed by atoms with Gasteiger partial charge in [-0.25, -0.2) is 13.1 Å². The van der Waals surface area contributed by atoms with Crippen molar-refractivity contribution in [1.29, 1.82) is 5.26 Å². The molecule has 1 N–H and O–H groups in total. The number of carbonyl (C=O) groups is 1. The average molecular weight is 402 g/mol. The molecule has 0 aromatic heterocycles. The van der Waals surface area contributed by atoms with Gasteiger partial charge in [0.2, 0.25) is 10.0 Å². The van der Waals surface area contributed by atoms with Crippen molar-refractivity contribution in [1.82, 2.24) is 4.72 Å². The highest BCUT2D eigenvalue weighted by Crippen LogP contribution is 2.30. The van der Waals surface area contributed by atoms with Gasteiger partial charge < -0.3 is 9.47 Å². The summed E-state index contributed by atoms with van der Waals surface area (Å²) in [6.07, 6.45) is 1.28. The van der Waals surface area contributed by atoms with E-state index in [0.717, 1.165) is 5.56 Å². The smallest absolute Gasteiger partial charge is 0.305 e. The van der Waals surface area contributed by atoms with E-state index in [1.807, 2.05) is 6.07 Å². The van der Waals surface area contributed by atoms with E-state index >= 15 is 0 Å². The minimum absolute atomic E-state index is 0.0322. The highest BCUT2D eigenvalue weighted by atomic mass is 32.2. The summed E-state index contributed by atoms with van der Waals surface area (Å²) >= 11 is 0. The maximum atomic E-state index is 12.7. The lowest BCUT2D eigenvalue weighted by Gasteiger charge is -2.13. The lowest BCUT2D eigenvalue weighted by Crippen LogP contribution is -2.25. The van der Waals surface area contributed by atoms with Crippen molar-refractivity contribution in [2.24, 2.45) is 0 Å². The van der Waals surface area contributed by atoms with E-state index in [1.165, 1.54) is 20.3 Å². The van der Waals surface area contributed by atoms with E-state index in [4.69, 9.17) is 10.00 Å². The molecule has 0 fully saturated rings. The number of hydrogen-bond acceptors (Lipinski definition) is 6. The van der Waals surface area contributed by atoms with Crippen LogP contribution < -0.4 is 9.46 Å². The number of rotatable bonds is 9. The zero-order valence-corrected chi connectivity index (χ0v) is 16.6. The number of carbonyl (C=O) groups excluding carboxylic acids is 1. The second kappa shape index (κ2) is 9.88. The van der Waals surface area contributed by atoms with Crippen molar-refractivity contribution in [3.63, 3.8) is 0 Å². The molecule has 0 aliphatic rings. The minimum atomic E-state index is -3.80. The first-order valence-electron chi connectivity index (χ1n) is 8.66. The van der Waals surface area contributed by atoms with Crippen molar-refractivity contribution >= 4 is 16.0 Å². The van der Waals surface area contributed by atoms with Gasteiger partial charge in [-0.05, 0) is 48.2 Å². The molecule has 0 aliphatic heterocycles. The molecule has 0 amide bonds. The fourth-order valence-corrected chi connectivity index (χ4v) is 3.85. The Morgan fingerprint density at radius 2 is 1.75 bits per heavy atom. The normalized spacial score (nSPS) is 10.9. The number of methoxy groups -OCH3 is 2. The van der Waals surface area contributed by atoms with Crippen molar-refractivity contribution in [3.8, 4) is 22.9 Å². The SMILES string of the molecule is COC(=O)CCCCNS(=O)(=O)c1cc(-c2ccc(C#N)cc2)ccc1OC. The van der Waals surface area contributed by atoms with Crippen LogP contribution in [0.15, 0.2) is 47.4 Å². The summed E-state index contributed by atoms with van der Waals surface area (Å²) in [7, 11) is -1.07. The number of ether oxygens (including phenoxy) is 2. The highest BCUT2D eigenvalue weighted by Gasteiger charge is 2.20. The van der Waals surface area contributed by atoms with Crippen LogP contribution in [0.4, 0.5) is 0 Å². The van der Waals surface area contributed by atoms with E-state index < -0.39 is 10.0 Å². The summed E-state index contributed by atoms with van der Waals surface area (Å²) in [5.41, 5.74) is 2.01. The van der Waals surface area contributed by atoms with Gasteiger partial charge in [0.1, 0.15) is 10.6 Å². The van der Waals surface area contributed by atoms with Crippen LogP contribution in [0.5, 0.6) is 5.75 Å². The molecule has 0 heterocycles. The van der Waals surface area contributed by atoms with Gasteiger partial charge >= 0.3 is 5.97 Å². The Morgan fingerprint density at radius 1 is 1.07 bits per heavy atom. The van der Waals surface area contributed by atoms with Crippen LogP contribution in [0.25, 0.3) is 11.1 Å². The predicted molar refractivity (Wildman–Crippen MR) is 104 cm³/mol. The molecule has 8 heteroatoms. The minimum Gasteiger partial charge on any atom is -0.495 e. The monoisotopic (exact) mass is 402 g/mol. The summed E-state index contributed by atoms with van der Waals surface area (Å²) in [5, 5.41) is 8.90. The number of hydrogen-bond donors (Lipinski definition) is 1. The first-order valence-corrected chi connectivity index (χ1v) is 10.1. The molecule has 0 aliphatic carbocycles. The van der Waals surface area contributed by atoms with Gasteiger partial charge in [0.15, 0.2) is 0 Å². The Labute approximate surface area is 164 Å². The van der Waals surface area contributed by atoms with Gasteiger partial charge in [-0.15, -0.1) is 0 Å². The first-order chi connectivity index (χ1) is 13.4. The van der Waals surface area contributed by atoms with Gasteiger partial charge in [0.25, 0.3) is 0 Å². The molecule has 2 aromatic carbocycles. The zero-order valence-electron chi connectivity index (χ0n) is 15.8. The second-order valence-corrected chi connectivity index (χ2v) is 7.72. The van der Waals surface area contributed by atoms with Crippen LogP contribution >= 0.6 is 0 Å². The number of esters is 1. The fourth-order valence-electron chi connectivity index (χ4n) is 2.58. The maximum Gasteiger partial charge on any atom is 0.305 e. The fraction of sp³-hybridized carbons (Fsp3) is 0.300. The first kappa shape index (κ1) is 21.4. The van der Waals surface area contributed by atoms with E-state index in [1.54, 1.807) is 36.4 Å². The van der Waals surface area contributed by atoms with Crippen molar-refractivity contribution in [2.75, 3.05) is 20.8 Å². The molecule has 148 valence electrons. The van der Waals surface area contributed by atoms with Crippen LogP contribution in [-0.4, -0.2) is 35.2 Å². The molecule has 0 radical (unpaired) electrons. The Bertz CT molecular complexity index is 963. The largest absolute Gasteiger partial charge is 0.495 e. The Morgan fingerprint density at radius 3 is 2.36 bits per heavy atom. The Kier molecular flexibility index (Phi) is 7.55. The van der Waals surface area contributed by atoms with Gasteiger partial charge in [-0.1, -0.05) is 18.2 Å². The van der Waals surface area contributed by atoms with E-state index in [0.29, 0.717) is 24.0 Å². The highest BCUT2D eigenvalue weighted by molar-refractivity contribution is 7.89. The molecule has 7 nitrogen and oxygen atoms in total. The molecule has 0 spiro atoms. The molecule has 0 unspecified atom stereocenters. The molecular formula is C20H22N2O5S. The lowest BCUT2D eigenvalue weighted by molar-refractivity contribution is -0.140. The predicted octanol–water partition coefficient (Wildman–Crippen LogP) is 2.86. The Hall–Kier alpha value is -2.89. The number of nitrogens with one attached hydrogen (secondary N) is 1. The van der Waals surface area contributed by atoms with Crippen LogP contribution in [-0.2, 0) is 19.6 Å². The quantitative estimate of drug-likeness (QED) is 0.511. The van der Waals surface area contributed by atoms with Crippen molar-refractivity contribution in [3.05, 3.63) is 48.0 Å². The Balaban J connectivity index is 2.17. The summed E-state index contributed by atoms with van der Waals surface area (Å²) in [5.74, 6) is -0.0842. The van der Waals surface area contributed by atoms with Crippen molar-refractivity contribution in [2.45, 2.75) is 24.2 Å². The number of benzene rings is 2. The number of nitriles is 1. The van der Waals surface area contributed by atoms with Crippen LogP contribution in [0.2, 0.25) is 0 Å². The summed E-state index contributed by atoms with van der Waals surface area (Å²) in [6, 6.07) is 13.8. The second-order valence-electron chi connectivity index (χ2n) is 5.99. The van der Waals surface area contributed by atoms with E-state index in [-0.39, 0.29) is 29.6 Å². The third kappa shape index (κ3) is 5.55. The number of nitrogens with zero attached hydrogens (tertiary/aromatic N) is 1.